The van der Waals surface area contributed by atoms with Crippen molar-refractivity contribution >= 4 is 23.4 Å². The molecule has 0 aliphatic rings. The van der Waals surface area contributed by atoms with Gasteiger partial charge in [-0.15, -0.1) is 0 Å². The summed E-state index contributed by atoms with van der Waals surface area (Å²) < 4.78 is 10.9. The molecular formula is C23H29ClN2O4. The molecule has 0 bridgehead atoms. The van der Waals surface area contributed by atoms with Crippen LogP contribution in [0, 0.1) is 0 Å². The fourth-order valence-electron chi connectivity index (χ4n) is 2.80. The minimum absolute atomic E-state index is 0.221. The lowest BCUT2D eigenvalue weighted by Crippen LogP contribution is -2.53. The van der Waals surface area contributed by atoms with Gasteiger partial charge in [0.15, 0.2) is 18.1 Å². The van der Waals surface area contributed by atoms with E-state index in [9.17, 15) is 9.59 Å². The number of hydrogen-bond acceptors (Lipinski definition) is 4. The Hall–Kier alpha value is -2.73. The molecule has 2 rings (SSSR count). The van der Waals surface area contributed by atoms with E-state index in [4.69, 9.17) is 21.1 Å². The third-order valence-corrected chi connectivity index (χ3v) is 4.60. The highest BCUT2D eigenvalue weighted by Crippen LogP contribution is 2.26. The zero-order valence-corrected chi connectivity index (χ0v) is 18.8. The second-order valence-corrected chi connectivity index (χ2v) is 8.44. The Bertz CT molecular complexity index is 862. The number of nitrogens with one attached hydrogen (secondary N) is 1. The number of methoxy groups -OCH3 is 1. The van der Waals surface area contributed by atoms with Crippen molar-refractivity contribution in [3.05, 3.63) is 59.1 Å². The minimum atomic E-state index is -0.686. The van der Waals surface area contributed by atoms with E-state index in [1.165, 1.54) is 12.0 Å². The lowest BCUT2D eigenvalue weighted by Gasteiger charge is -2.31. The molecule has 0 spiro atoms. The Morgan fingerprint density at radius 2 is 1.67 bits per heavy atom. The van der Waals surface area contributed by atoms with Crippen molar-refractivity contribution in [1.29, 1.82) is 0 Å². The molecule has 0 saturated heterocycles. The number of nitrogens with zero attached hydrogens (tertiary/aromatic N) is 1. The van der Waals surface area contributed by atoms with Gasteiger partial charge < -0.3 is 19.7 Å². The maximum Gasteiger partial charge on any atom is 0.261 e. The van der Waals surface area contributed by atoms with Gasteiger partial charge >= 0.3 is 0 Å². The van der Waals surface area contributed by atoms with Gasteiger partial charge in [0.1, 0.15) is 6.04 Å². The lowest BCUT2D eigenvalue weighted by molar-refractivity contribution is -0.142. The summed E-state index contributed by atoms with van der Waals surface area (Å²) in [6, 6.07) is 13.6. The first-order valence-corrected chi connectivity index (χ1v) is 10.1. The number of carbonyl (C=O) groups excluding carboxylic acids is 2. The lowest BCUT2D eigenvalue weighted by atomic mass is 10.1. The Kier molecular flexibility index (Phi) is 8.12. The van der Waals surface area contributed by atoms with Crippen molar-refractivity contribution < 1.29 is 19.1 Å². The maximum absolute atomic E-state index is 13.1. The van der Waals surface area contributed by atoms with Crippen LogP contribution in [-0.2, 0) is 16.1 Å². The first kappa shape index (κ1) is 23.5. The Morgan fingerprint density at radius 3 is 2.23 bits per heavy atom. The zero-order valence-electron chi connectivity index (χ0n) is 18.1. The van der Waals surface area contributed by atoms with E-state index < -0.39 is 11.6 Å². The smallest absolute Gasteiger partial charge is 0.261 e. The summed E-state index contributed by atoms with van der Waals surface area (Å²) in [7, 11) is 1.54. The second kappa shape index (κ2) is 10.3. The highest BCUT2D eigenvalue weighted by molar-refractivity contribution is 6.30. The summed E-state index contributed by atoms with van der Waals surface area (Å²) >= 11 is 5.97. The molecule has 0 aliphatic carbocycles. The van der Waals surface area contributed by atoms with Gasteiger partial charge in [0, 0.05) is 17.1 Å². The van der Waals surface area contributed by atoms with Gasteiger partial charge in [0.25, 0.3) is 5.91 Å². The van der Waals surface area contributed by atoms with Gasteiger partial charge in [-0.25, -0.2) is 0 Å². The van der Waals surface area contributed by atoms with E-state index in [2.05, 4.69) is 5.32 Å². The molecule has 7 heteroatoms. The topological polar surface area (TPSA) is 67.9 Å². The van der Waals surface area contributed by atoms with E-state index in [1.807, 2.05) is 39.0 Å². The number of rotatable bonds is 8. The van der Waals surface area contributed by atoms with Crippen LogP contribution in [0.25, 0.3) is 0 Å². The number of para-hydroxylation sites is 2. The quantitative estimate of drug-likeness (QED) is 0.683. The molecular weight excluding hydrogens is 404 g/mol. The van der Waals surface area contributed by atoms with Crippen LogP contribution in [0.1, 0.15) is 33.3 Å². The van der Waals surface area contributed by atoms with E-state index in [-0.39, 0.29) is 25.0 Å². The molecule has 0 aliphatic heterocycles. The zero-order chi connectivity index (χ0) is 22.3. The van der Waals surface area contributed by atoms with Gasteiger partial charge in [0.05, 0.1) is 7.11 Å². The SMILES string of the molecule is COc1ccccc1OCC(=O)N(Cc1ccc(Cl)cc1)C(C)C(=O)NC(C)(C)C. The maximum atomic E-state index is 13.1. The Labute approximate surface area is 183 Å². The van der Waals surface area contributed by atoms with Crippen molar-refractivity contribution in [2.24, 2.45) is 0 Å². The van der Waals surface area contributed by atoms with Crippen LogP contribution in [0.15, 0.2) is 48.5 Å². The summed E-state index contributed by atoms with van der Waals surface area (Å²) in [5, 5.41) is 3.53. The highest BCUT2D eigenvalue weighted by Gasteiger charge is 2.28. The monoisotopic (exact) mass is 432 g/mol. The summed E-state index contributed by atoms with van der Waals surface area (Å²) in [6.45, 7) is 7.43. The number of carbonyl (C=O) groups is 2. The molecule has 2 amide bonds. The molecule has 0 heterocycles. The predicted molar refractivity (Wildman–Crippen MR) is 118 cm³/mol. The van der Waals surface area contributed by atoms with Crippen LogP contribution in [0.2, 0.25) is 5.02 Å². The van der Waals surface area contributed by atoms with E-state index in [1.54, 1.807) is 37.3 Å². The largest absolute Gasteiger partial charge is 0.493 e. The van der Waals surface area contributed by atoms with Crippen LogP contribution in [0.5, 0.6) is 11.5 Å². The minimum Gasteiger partial charge on any atom is -0.493 e. The molecule has 0 radical (unpaired) electrons. The number of halogens is 1. The average molecular weight is 433 g/mol. The van der Waals surface area contributed by atoms with Crippen molar-refractivity contribution in [2.75, 3.05) is 13.7 Å². The normalized spacial score (nSPS) is 12.1. The summed E-state index contributed by atoms with van der Waals surface area (Å²) in [6.07, 6.45) is 0. The van der Waals surface area contributed by atoms with Crippen LogP contribution in [0.4, 0.5) is 0 Å². The van der Waals surface area contributed by atoms with Crippen LogP contribution in [0.3, 0.4) is 0 Å². The standard InChI is InChI=1S/C23H29ClN2O4/c1-16(22(28)25-23(2,3)4)26(14-17-10-12-18(24)13-11-17)21(27)15-30-20-9-7-6-8-19(20)29-5/h6-13,16H,14-15H2,1-5H3,(H,25,28). The summed E-state index contributed by atoms with van der Waals surface area (Å²) in [4.78, 5) is 27.3. The summed E-state index contributed by atoms with van der Waals surface area (Å²) in [5.74, 6) is 0.453. The average Bonchev–Trinajstić information content (AvgIpc) is 2.70. The Balaban J connectivity index is 2.19. The Morgan fingerprint density at radius 1 is 1.07 bits per heavy atom. The van der Waals surface area contributed by atoms with Crippen molar-refractivity contribution in [1.82, 2.24) is 10.2 Å². The van der Waals surface area contributed by atoms with Crippen molar-refractivity contribution in [2.45, 2.75) is 45.8 Å². The highest BCUT2D eigenvalue weighted by atomic mass is 35.5. The third kappa shape index (κ3) is 6.95. The fourth-order valence-corrected chi connectivity index (χ4v) is 2.93. The molecule has 6 nitrogen and oxygen atoms in total. The second-order valence-electron chi connectivity index (χ2n) is 8.00. The van der Waals surface area contributed by atoms with E-state index in [0.717, 1.165) is 5.56 Å². The fraction of sp³-hybridized carbons (Fsp3) is 0.391. The number of amides is 2. The first-order chi connectivity index (χ1) is 14.1. The van der Waals surface area contributed by atoms with Crippen molar-refractivity contribution in [3.8, 4) is 11.5 Å². The van der Waals surface area contributed by atoms with Crippen LogP contribution >= 0.6 is 11.6 Å². The van der Waals surface area contributed by atoms with Gasteiger partial charge in [-0.05, 0) is 57.5 Å². The van der Waals surface area contributed by atoms with Crippen molar-refractivity contribution in [3.63, 3.8) is 0 Å². The number of hydrogen-bond donors (Lipinski definition) is 1. The molecule has 2 aromatic rings. The first-order valence-electron chi connectivity index (χ1n) is 9.72. The molecule has 0 saturated carbocycles. The van der Waals surface area contributed by atoms with Crippen LogP contribution < -0.4 is 14.8 Å². The molecule has 1 unspecified atom stereocenters. The molecule has 2 aromatic carbocycles. The molecule has 1 N–H and O–H groups in total. The van der Waals surface area contributed by atoms with Gasteiger partial charge in [-0.3, -0.25) is 9.59 Å². The molecule has 1 atom stereocenters. The summed E-state index contributed by atoms with van der Waals surface area (Å²) in [5.41, 5.74) is 0.453. The van der Waals surface area contributed by atoms with Gasteiger partial charge in [-0.2, -0.15) is 0 Å². The number of ether oxygens (including phenoxy) is 2. The molecule has 0 fully saturated rings. The van der Waals surface area contributed by atoms with Crippen LogP contribution in [-0.4, -0.2) is 42.0 Å². The number of benzene rings is 2. The van der Waals surface area contributed by atoms with Gasteiger partial charge in [-0.1, -0.05) is 35.9 Å². The van der Waals surface area contributed by atoms with E-state index in [0.29, 0.717) is 16.5 Å². The predicted octanol–water partition coefficient (Wildman–Crippen LogP) is 4.06. The molecule has 0 aromatic heterocycles. The molecule has 162 valence electrons. The molecule has 30 heavy (non-hydrogen) atoms. The van der Waals surface area contributed by atoms with Gasteiger partial charge in [0.2, 0.25) is 5.91 Å². The third-order valence-electron chi connectivity index (χ3n) is 4.35. The van der Waals surface area contributed by atoms with E-state index >= 15 is 0 Å².